The Labute approximate surface area is 625 Å². The molecular weight excluding hydrogens is 1340 g/mol. The molecule has 3 saturated heterocycles. The molecule has 0 aliphatic carbocycles. The minimum Gasteiger partial charge on any atom is -0.477 e. The van der Waals surface area contributed by atoms with Gasteiger partial charge in [0.25, 0.3) is 5.79 Å². The Morgan fingerprint density at radius 1 is 0.500 bits per heavy atom. The highest BCUT2D eigenvalue weighted by atomic mass is 16.8. The van der Waals surface area contributed by atoms with Crippen LogP contribution in [0.1, 0.15) is 335 Å². The first kappa shape index (κ1) is 95.4. The Hall–Kier alpha value is -2.79. The van der Waals surface area contributed by atoms with Gasteiger partial charge in [-0.25, -0.2) is 4.79 Å². The van der Waals surface area contributed by atoms with E-state index in [0.717, 1.165) is 51.9 Å². The normalized spacial score (nSPS) is 26.5. The molecule has 0 aromatic heterocycles. The van der Waals surface area contributed by atoms with Gasteiger partial charge in [-0.1, -0.05) is 295 Å². The summed E-state index contributed by atoms with van der Waals surface area (Å²) < 4.78 is 34.9. The van der Waals surface area contributed by atoms with Crippen LogP contribution in [-0.2, 0) is 42.8 Å². The van der Waals surface area contributed by atoms with E-state index < -0.39 is 155 Å². The van der Waals surface area contributed by atoms with E-state index in [1.807, 2.05) is 6.08 Å². The first-order chi connectivity index (χ1) is 50.4. The van der Waals surface area contributed by atoms with Gasteiger partial charge >= 0.3 is 5.97 Å². The van der Waals surface area contributed by atoms with Gasteiger partial charge in [0.05, 0.1) is 50.7 Å². The lowest BCUT2D eigenvalue weighted by Crippen LogP contribution is -2.70. The van der Waals surface area contributed by atoms with Crippen LogP contribution < -0.4 is 10.6 Å². The van der Waals surface area contributed by atoms with Crippen molar-refractivity contribution in [3.05, 3.63) is 24.3 Å². The summed E-state index contributed by atoms with van der Waals surface area (Å²) in [7, 11) is 0. The van der Waals surface area contributed by atoms with Gasteiger partial charge in [0.2, 0.25) is 11.8 Å². The van der Waals surface area contributed by atoms with Crippen molar-refractivity contribution >= 4 is 17.8 Å². The lowest BCUT2D eigenvalue weighted by atomic mass is 9.88. The average Bonchev–Trinajstić information content (AvgIpc) is 0.755. The number of carbonyl (C=O) groups is 3. The van der Waals surface area contributed by atoms with Gasteiger partial charge in [-0.3, -0.25) is 9.59 Å². The SMILES string of the molecule is CCCCCCCCCCCCCC/C=C\CCCCCCCCCCCCCCC(=O)NC(COC1OC(CO)C(OC2OC(CO)C(O)C(OC3(C(=O)O)CC(O)C(NC(C)=O)C(C(O)C(O)CO)O3)C2O)C(O)C1O)C(O)/C=C/CCCCCCCCCCCCCCCCCCCCCC. The topological polar surface area (TPSA) is 373 Å². The number of nitrogens with one attached hydrogen (secondary N) is 2. The minimum atomic E-state index is -3.08. The first-order valence-corrected chi connectivity index (χ1v) is 41.7. The summed E-state index contributed by atoms with van der Waals surface area (Å²) in [5.41, 5.74) is 0. The highest BCUT2D eigenvalue weighted by Crippen LogP contribution is 2.39. The number of hydrogen-bond acceptors (Lipinski definition) is 20. The number of allylic oxidation sites excluding steroid dienone is 3. The monoisotopic (exact) mass is 1490 g/mol. The molecule has 0 aromatic rings. The number of aliphatic hydroxyl groups excluding tert-OH is 11. The van der Waals surface area contributed by atoms with E-state index in [1.165, 1.54) is 244 Å². The van der Waals surface area contributed by atoms with Gasteiger partial charge in [0.1, 0.15) is 67.1 Å². The van der Waals surface area contributed by atoms with Crippen molar-refractivity contribution in [2.24, 2.45) is 0 Å². The van der Waals surface area contributed by atoms with E-state index in [1.54, 1.807) is 6.08 Å². The van der Waals surface area contributed by atoms with Gasteiger partial charge in [0.15, 0.2) is 12.6 Å². The van der Waals surface area contributed by atoms with Crippen LogP contribution in [0.3, 0.4) is 0 Å². The van der Waals surface area contributed by atoms with E-state index in [0.29, 0.717) is 12.8 Å². The zero-order valence-electron chi connectivity index (χ0n) is 64.6. The second-order valence-corrected chi connectivity index (χ2v) is 30.3. The quantitative estimate of drug-likeness (QED) is 0.0199. The van der Waals surface area contributed by atoms with Crippen molar-refractivity contribution in [3.8, 4) is 0 Å². The Kier molecular flexibility index (Phi) is 55.0. The van der Waals surface area contributed by atoms with Crippen molar-refractivity contribution in [1.29, 1.82) is 0 Å². The zero-order chi connectivity index (χ0) is 76.0. The molecule has 0 bridgehead atoms. The van der Waals surface area contributed by atoms with E-state index in [9.17, 15) is 75.7 Å². The third-order valence-corrected chi connectivity index (χ3v) is 21.1. The molecule has 18 unspecified atom stereocenters. The van der Waals surface area contributed by atoms with Crippen molar-refractivity contribution in [2.75, 3.05) is 26.4 Å². The van der Waals surface area contributed by atoms with Crippen LogP contribution in [0, 0.1) is 0 Å². The molecule has 0 aromatic carbocycles. The molecule has 14 N–H and O–H groups in total. The molecule has 23 nitrogen and oxygen atoms in total. The van der Waals surface area contributed by atoms with Crippen molar-refractivity contribution in [2.45, 2.75) is 445 Å². The maximum absolute atomic E-state index is 13.6. The number of carboxylic acids is 1. The van der Waals surface area contributed by atoms with Crippen molar-refractivity contribution in [3.63, 3.8) is 0 Å². The summed E-state index contributed by atoms with van der Waals surface area (Å²) in [5.74, 6) is -6.14. The number of aliphatic hydroxyl groups is 11. The molecule has 104 heavy (non-hydrogen) atoms. The zero-order valence-corrected chi connectivity index (χ0v) is 64.6. The van der Waals surface area contributed by atoms with Gasteiger partial charge in [0, 0.05) is 19.8 Å². The average molecular weight is 1490 g/mol. The molecular formula is C81H150N2O21. The molecule has 3 fully saturated rings. The number of unbranched alkanes of at least 4 members (excludes halogenated alkanes) is 44. The van der Waals surface area contributed by atoms with Crippen LogP contribution in [0.2, 0.25) is 0 Å². The number of rotatable bonds is 66. The van der Waals surface area contributed by atoms with Crippen LogP contribution in [0.4, 0.5) is 0 Å². The minimum absolute atomic E-state index is 0.202. The molecule has 2 amide bonds. The predicted molar refractivity (Wildman–Crippen MR) is 403 cm³/mol. The van der Waals surface area contributed by atoms with Crippen molar-refractivity contribution in [1.82, 2.24) is 10.6 Å². The van der Waals surface area contributed by atoms with E-state index >= 15 is 0 Å². The highest BCUT2D eigenvalue weighted by molar-refractivity contribution is 5.77. The molecule has 0 saturated carbocycles. The predicted octanol–water partition coefficient (Wildman–Crippen LogP) is 11.5. The fourth-order valence-corrected chi connectivity index (χ4v) is 14.5. The van der Waals surface area contributed by atoms with Gasteiger partial charge < -0.3 is 100 Å². The highest BCUT2D eigenvalue weighted by Gasteiger charge is 2.60. The lowest BCUT2D eigenvalue weighted by Gasteiger charge is -2.50. The third kappa shape index (κ3) is 39.7. The Morgan fingerprint density at radius 2 is 0.904 bits per heavy atom. The number of aliphatic carboxylic acids is 1. The molecule has 0 spiro atoms. The van der Waals surface area contributed by atoms with E-state index in [-0.39, 0.29) is 12.3 Å². The molecule has 18 atom stereocenters. The molecule has 3 heterocycles. The molecule has 23 heteroatoms. The molecule has 3 aliphatic heterocycles. The van der Waals surface area contributed by atoms with E-state index in [4.69, 9.17) is 28.4 Å². The summed E-state index contributed by atoms with van der Waals surface area (Å²) in [6.07, 6.45) is 37.8. The Morgan fingerprint density at radius 3 is 1.31 bits per heavy atom. The fourth-order valence-electron chi connectivity index (χ4n) is 14.5. The number of carboxylic acid groups (broad SMARTS) is 1. The maximum atomic E-state index is 13.6. The number of ether oxygens (including phenoxy) is 6. The molecule has 3 aliphatic rings. The lowest BCUT2D eigenvalue weighted by molar-refractivity contribution is -0.386. The van der Waals surface area contributed by atoms with Gasteiger partial charge in [-0.05, 0) is 44.9 Å². The summed E-state index contributed by atoms with van der Waals surface area (Å²) in [6.45, 7) is 2.20. The molecule has 610 valence electrons. The third-order valence-electron chi connectivity index (χ3n) is 21.1. The summed E-state index contributed by atoms with van der Waals surface area (Å²) >= 11 is 0. The summed E-state index contributed by atoms with van der Waals surface area (Å²) in [4.78, 5) is 38.7. The van der Waals surface area contributed by atoms with Gasteiger partial charge in [-0.2, -0.15) is 0 Å². The second kappa shape index (κ2) is 60.0. The fraction of sp³-hybridized carbons (Fsp3) is 0.914. The van der Waals surface area contributed by atoms with Gasteiger partial charge in [-0.15, -0.1) is 0 Å². The van der Waals surface area contributed by atoms with E-state index in [2.05, 4.69) is 36.6 Å². The Bertz CT molecular complexity index is 2170. The van der Waals surface area contributed by atoms with Crippen LogP contribution in [0.15, 0.2) is 24.3 Å². The van der Waals surface area contributed by atoms with Crippen molar-refractivity contribution < 1.29 is 104 Å². The second-order valence-electron chi connectivity index (χ2n) is 30.3. The van der Waals surface area contributed by atoms with Crippen LogP contribution in [-0.4, -0.2) is 215 Å². The smallest absolute Gasteiger partial charge is 0.364 e. The number of amides is 2. The number of carbonyl (C=O) groups excluding carboxylic acids is 2. The van der Waals surface area contributed by atoms with Crippen LogP contribution in [0.25, 0.3) is 0 Å². The Balaban J connectivity index is 1.50. The number of hydrogen-bond donors (Lipinski definition) is 14. The largest absolute Gasteiger partial charge is 0.477 e. The van der Waals surface area contributed by atoms with Crippen LogP contribution >= 0.6 is 0 Å². The molecule has 0 radical (unpaired) electrons. The standard InChI is InChI=1S/C81H150N2O21/c1-4-6-8-10-12-14-16-18-20-22-24-26-28-29-30-31-32-33-35-37-39-41-43-45-47-49-51-53-55-68(91)83-62(63(88)54-52-50-48-46-44-42-40-38-36-34-27-25-23-21-19-17-15-13-11-9-7-5-2)60-99-78-73(95)72(94)75(67(59-86)101-78)102-79-74(96)77(71(93)66(58-85)100-79)104-81(80(97)98)56-64(89)69(82-61(3)87)76(103-81)70(92)65(90)57-84/h29-30,52,54,62-67,69-79,84-86,88-90,92-96H,4-28,31-51,53,55-60H2,1-3H3,(H,82,87)(H,83,91)(H,97,98)/b30-29-,54-52+. The first-order valence-electron chi connectivity index (χ1n) is 41.7. The summed E-state index contributed by atoms with van der Waals surface area (Å²) in [5, 5.41) is 136. The maximum Gasteiger partial charge on any atom is 0.364 e. The van der Waals surface area contributed by atoms with Crippen LogP contribution in [0.5, 0.6) is 0 Å². The summed E-state index contributed by atoms with van der Waals surface area (Å²) in [6, 6.07) is -2.62. The molecule has 3 rings (SSSR count).